The van der Waals surface area contributed by atoms with Gasteiger partial charge < -0.3 is 11.1 Å². The number of hydrogen-bond acceptors (Lipinski definition) is 4. The molecule has 0 saturated carbocycles. The number of hydrogen-bond donors (Lipinski definition) is 2. The van der Waals surface area contributed by atoms with Gasteiger partial charge in [0.05, 0.1) is 11.3 Å². The van der Waals surface area contributed by atoms with Crippen LogP contribution in [0.2, 0.25) is 5.02 Å². The number of benzene rings is 2. The first-order valence-corrected chi connectivity index (χ1v) is 8.95. The molecule has 6 nitrogen and oxygen atoms in total. The molecule has 0 heterocycles. The van der Waals surface area contributed by atoms with Crippen molar-refractivity contribution in [1.29, 1.82) is 0 Å². The van der Waals surface area contributed by atoms with Crippen LogP contribution in [0, 0.1) is 0 Å². The zero-order valence-electron chi connectivity index (χ0n) is 12.5. The lowest BCUT2D eigenvalue weighted by Gasteiger charge is -2.07. The SMILES string of the molecule is NC(=O)Cc1ccc(NC(=O)CS(=O)(=O)c2ccc(Cl)cc2)cc1. The Bertz CT molecular complexity index is 847. The molecule has 2 amide bonds. The van der Waals surface area contributed by atoms with E-state index in [1.807, 2.05) is 0 Å². The van der Waals surface area contributed by atoms with Gasteiger partial charge in [-0.3, -0.25) is 9.59 Å². The first-order valence-electron chi connectivity index (χ1n) is 6.92. The van der Waals surface area contributed by atoms with Gasteiger partial charge in [-0.25, -0.2) is 8.42 Å². The number of halogens is 1. The van der Waals surface area contributed by atoms with Crippen molar-refractivity contribution in [3.8, 4) is 0 Å². The van der Waals surface area contributed by atoms with Crippen molar-refractivity contribution in [2.75, 3.05) is 11.1 Å². The normalized spacial score (nSPS) is 11.0. The van der Waals surface area contributed by atoms with E-state index in [1.165, 1.54) is 24.3 Å². The molecule has 24 heavy (non-hydrogen) atoms. The number of sulfone groups is 1. The number of amides is 2. The molecule has 2 rings (SSSR count). The minimum absolute atomic E-state index is 0.0267. The summed E-state index contributed by atoms with van der Waals surface area (Å²) in [6.45, 7) is 0. The second-order valence-electron chi connectivity index (χ2n) is 5.10. The van der Waals surface area contributed by atoms with E-state index in [0.717, 1.165) is 0 Å². The Balaban J connectivity index is 2.02. The topological polar surface area (TPSA) is 106 Å². The van der Waals surface area contributed by atoms with Crippen LogP contribution in [0.1, 0.15) is 5.56 Å². The summed E-state index contributed by atoms with van der Waals surface area (Å²) >= 11 is 5.72. The highest BCUT2D eigenvalue weighted by atomic mass is 35.5. The predicted octanol–water partition coefficient (Wildman–Crippen LogP) is 1.78. The average molecular weight is 367 g/mol. The van der Waals surface area contributed by atoms with Crippen LogP contribution in [0.5, 0.6) is 0 Å². The van der Waals surface area contributed by atoms with Crippen molar-refractivity contribution in [3.63, 3.8) is 0 Å². The molecule has 126 valence electrons. The number of nitrogens with one attached hydrogen (secondary N) is 1. The maximum absolute atomic E-state index is 12.2. The molecular formula is C16H15ClN2O4S. The largest absolute Gasteiger partial charge is 0.369 e. The molecule has 0 atom stereocenters. The average Bonchev–Trinajstić information content (AvgIpc) is 2.48. The van der Waals surface area contributed by atoms with E-state index in [9.17, 15) is 18.0 Å². The molecule has 2 aromatic carbocycles. The van der Waals surface area contributed by atoms with E-state index in [0.29, 0.717) is 16.3 Å². The van der Waals surface area contributed by atoms with E-state index in [-0.39, 0.29) is 11.3 Å². The summed E-state index contributed by atoms with van der Waals surface area (Å²) in [4.78, 5) is 22.8. The van der Waals surface area contributed by atoms with Gasteiger partial charge in [-0.1, -0.05) is 23.7 Å². The maximum Gasteiger partial charge on any atom is 0.239 e. The summed E-state index contributed by atoms with van der Waals surface area (Å²) in [5.41, 5.74) is 6.23. The van der Waals surface area contributed by atoms with Crippen molar-refractivity contribution in [1.82, 2.24) is 0 Å². The van der Waals surface area contributed by atoms with E-state index in [4.69, 9.17) is 17.3 Å². The molecule has 0 saturated heterocycles. The summed E-state index contributed by atoms with van der Waals surface area (Å²) in [5, 5.41) is 2.91. The molecule has 0 aliphatic rings. The number of carbonyl (C=O) groups excluding carboxylic acids is 2. The Morgan fingerprint density at radius 3 is 2.12 bits per heavy atom. The summed E-state index contributed by atoms with van der Waals surface area (Å²) in [7, 11) is -3.75. The fourth-order valence-electron chi connectivity index (χ4n) is 2.00. The molecule has 0 aromatic heterocycles. The second kappa shape index (κ2) is 7.46. The summed E-state index contributed by atoms with van der Waals surface area (Å²) in [6.07, 6.45) is 0.0964. The van der Waals surface area contributed by atoms with Crippen LogP contribution in [0.25, 0.3) is 0 Å². The van der Waals surface area contributed by atoms with Crippen LogP contribution >= 0.6 is 11.6 Å². The molecule has 8 heteroatoms. The molecule has 0 aliphatic heterocycles. The third-order valence-electron chi connectivity index (χ3n) is 3.11. The summed E-state index contributed by atoms with van der Waals surface area (Å²) in [5.74, 6) is -1.80. The van der Waals surface area contributed by atoms with Crippen LogP contribution in [-0.2, 0) is 25.8 Å². The molecule has 0 fully saturated rings. The molecule has 3 N–H and O–H groups in total. The van der Waals surface area contributed by atoms with Crippen molar-refractivity contribution in [3.05, 3.63) is 59.1 Å². The highest BCUT2D eigenvalue weighted by molar-refractivity contribution is 7.92. The van der Waals surface area contributed by atoms with Crippen molar-refractivity contribution in [2.24, 2.45) is 5.73 Å². The Labute approximate surface area is 144 Å². The Hall–Kier alpha value is -2.38. The number of rotatable bonds is 6. The van der Waals surface area contributed by atoms with Gasteiger partial charge in [0.15, 0.2) is 9.84 Å². The fraction of sp³-hybridized carbons (Fsp3) is 0.125. The lowest BCUT2D eigenvalue weighted by Crippen LogP contribution is -2.23. The standard InChI is InChI=1S/C16H15ClN2O4S/c17-12-3-7-14(8-4-12)24(22,23)10-16(21)19-13-5-1-11(2-6-13)9-15(18)20/h1-8H,9-10H2,(H2,18,20)(H,19,21). The Kier molecular flexibility index (Phi) is 5.58. The van der Waals surface area contributed by atoms with Crippen LogP contribution in [0.4, 0.5) is 5.69 Å². The van der Waals surface area contributed by atoms with Crippen LogP contribution < -0.4 is 11.1 Å². The molecule has 0 spiro atoms. The van der Waals surface area contributed by atoms with Crippen molar-refractivity contribution in [2.45, 2.75) is 11.3 Å². The zero-order chi connectivity index (χ0) is 17.7. The number of carbonyl (C=O) groups is 2. The van der Waals surface area contributed by atoms with E-state index in [1.54, 1.807) is 24.3 Å². The lowest BCUT2D eigenvalue weighted by molar-refractivity contribution is -0.117. The van der Waals surface area contributed by atoms with Gasteiger partial charge in [-0.15, -0.1) is 0 Å². The smallest absolute Gasteiger partial charge is 0.239 e. The molecule has 0 unspecified atom stereocenters. The highest BCUT2D eigenvalue weighted by Gasteiger charge is 2.19. The first kappa shape index (κ1) is 18.0. The van der Waals surface area contributed by atoms with Gasteiger partial charge in [-0.05, 0) is 42.0 Å². The lowest BCUT2D eigenvalue weighted by atomic mass is 10.1. The number of primary amides is 1. The second-order valence-corrected chi connectivity index (χ2v) is 7.53. The predicted molar refractivity (Wildman–Crippen MR) is 91.5 cm³/mol. The minimum atomic E-state index is -3.75. The molecule has 0 aliphatic carbocycles. The van der Waals surface area contributed by atoms with Gasteiger partial charge in [0.2, 0.25) is 11.8 Å². The van der Waals surface area contributed by atoms with E-state index < -0.39 is 27.4 Å². The molecular weight excluding hydrogens is 352 g/mol. The summed E-state index contributed by atoms with van der Waals surface area (Å²) in [6, 6.07) is 12.0. The molecule has 0 bridgehead atoms. The quantitative estimate of drug-likeness (QED) is 0.812. The van der Waals surface area contributed by atoms with Crippen molar-refractivity contribution < 1.29 is 18.0 Å². The fourth-order valence-corrected chi connectivity index (χ4v) is 3.26. The van der Waals surface area contributed by atoms with Gasteiger partial charge in [-0.2, -0.15) is 0 Å². The third-order valence-corrected chi connectivity index (χ3v) is 4.99. The van der Waals surface area contributed by atoms with Crippen LogP contribution in [0.3, 0.4) is 0 Å². The highest BCUT2D eigenvalue weighted by Crippen LogP contribution is 2.16. The monoisotopic (exact) mass is 366 g/mol. The third kappa shape index (κ3) is 5.07. The Morgan fingerprint density at radius 2 is 1.58 bits per heavy atom. The summed E-state index contributed by atoms with van der Waals surface area (Å²) < 4.78 is 24.3. The first-order chi connectivity index (χ1) is 11.3. The van der Waals surface area contributed by atoms with Gasteiger partial charge in [0, 0.05) is 10.7 Å². The number of anilines is 1. The zero-order valence-corrected chi connectivity index (χ0v) is 14.1. The van der Waals surface area contributed by atoms with Gasteiger partial charge in [0.1, 0.15) is 5.75 Å². The van der Waals surface area contributed by atoms with Gasteiger partial charge in [0.25, 0.3) is 0 Å². The van der Waals surface area contributed by atoms with Crippen LogP contribution in [-0.4, -0.2) is 26.0 Å². The minimum Gasteiger partial charge on any atom is -0.369 e. The molecule has 2 aromatic rings. The Morgan fingerprint density at radius 1 is 1.00 bits per heavy atom. The van der Waals surface area contributed by atoms with E-state index in [2.05, 4.69) is 5.32 Å². The van der Waals surface area contributed by atoms with Crippen molar-refractivity contribution >= 4 is 38.9 Å². The maximum atomic E-state index is 12.2. The van der Waals surface area contributed by atoms with E-state index >= 15 is 0 Å². The van der Waals surface area contributed by atoms with Crippen LogP contribution in [0.15, 0.2) is 53.4 Å². The molecule has 0 radical (unpaired) electrons. The van der Waals surface area contributed by atoms with Gasteiger partial charge >= 0.3 is 0 Å². The number of nitrogens with two attached hydrogens (primary N) is 1.